The number of nitrogens with zero attached hydrogens (tertiary/aromatic N) is 2. The van der Waals surface area contributed by atoms with Crippen LogP contribution in [-0.4, -0.2) is 69.3 Å². The molecule has 28 heavy (non-hydrogen) atoms. The van der Waals surface area contributed by atoms with E-state index in [0.717, 1.165) is 70.9 Å². The first kappa shape index (κ1) is 21.7. The standard InChI is InChI=1S/C12H20N2O2.C9H14O3/c1-14(2)11(9-13)10-3-5-12(6-4-10)15-7-8-16-12;10-7-8-1-3-9(4-2-8)11-5-6-12-9/h10-11H,3-8H2,1-2H3;7-8H,1-6H2. The third-order valence-corrected chi connectivity index (χ3v) is 6.54. The van der Waals surface area contributed by atoms with Crippen molar-refractivity contribution < 1.29 is 23.7 Å². The van der Waals surface area contributed by atoms with Gasteiger partial charge in [-0.1, -0.05) is 0 Å². The summed E-state index contributed by atoms with van der Waals surface area (Å²) < 4.78 is 22.4. The highest BCUT2D eigenvalue weighted by atomic mass is 16.7. The first-order chi connectivity index (χ1) is 13.5. The van der Waals surface area contributed by atoms with Crippen molar-refractivity contribution in [2.75, 3.05) is 40.5 Å². The fourth-order valence-corrected chi connectivity index (χ4v) is 4.83. The Kier molecular flexibility index (Phi) is 7.46. The van der Waals surface area contributed by atoms with Crippen LogP contribution in [0.4, 0.5) is 0 Å². The Labute approximate surface area is 168 Å². The van der Waals surface area contributed by atoms with E-state index >= 15 is 0 Å². The molecule has 1 unspecified atom stereocenters. The molecule has 2 saturated heterocycles. The van der Waals surface area contributed by atoms with Gasteiger partial charge in [0.25, 0.3) is 0 Å². The monoisotopic (exact) mass is 394 g/mol. The van der Waals surface area contributed by atoms with E-state index in [2.05, 4.69) is 6.07 Å². The summed E-state index contributed by atoms with van der Waals surface area (Å²) in [5, 5.41) is 9.15. The molecule has 0 aromatic rings. The Hall–Kier alpha value is -1.04. The summed E-state index contributed by atoms with van der Waals surface area (Å²) in [6.07, 6.45) is 8.59. The smallest absolute Gasteiger partial charge is 0.168 e. The summed E-state index contributed by atoms with van der Waals surface area (Å²) in [7, 11) is 3.95. The van der Waals surface area contributed by atoms with Crippen LogP contribution in [-0.2, 0) is 23.7 Å². The highest BCUT2D eigenvalue weighted by molar-refractivity contribution is 5.53. The molecular formula is C21H34N2O5. The van der Waals surface area contributed by atoms with Crippen molar-refractivity contribution in [3.63, 3.8) is 0 Å². The summed E-state index contributed by atoms with van der Waals surface area (Å²) in [4.78, 5) is 12.5. The van der Waals surface area contributed by atoms with Gasteiger partial charge in [0.2, 0.25) is 0 Å². The summed E-state index contributed by atoms with van der Waals surface area (Å²) in [5.74, 6) is 0.0874. The Morgan fingerprint density at radius 2 is 1.32 bits per heavy atom. The van der Waals surface area contributed by atoms with E-state index in [9.17, 15) is 4.79 Å². The highest BCUT2D eigenvalue weighted by Crippen LogP contribution is 2.40. The minimum Gasteiger partial charge on any atom is -0.348 e. The second-order valence-electron chi connectivity index (χ2n) is 8.56. The van der Waals surface area contributed by atoms with E-state index in [1.807, 2.05) is 19.0 Å². The van der Waals surface area contributed by atoms with Crippen LogP contribution in [0.1, 0.15) is 51.4 Å². The Morgan fingerprint density at radius 3 is 1.68 bits per heavy atom. The minimum absolute atomic E-state index is 0.0266. The molecule has 4 fully saturated rings. The normalized spacial score (nSPS) is 30.0. The summed E-state index contributed by atoms with van der Waals surface area (Å²) >= 11 is 0. The lowest BCUT2D eigenvalue weighted by Crippen LogP contribution is -2.41. The van der Waals surface area contributed by atoms with Crippen molar-refractivity contribution in [1.29, 1.82) is 5.26 Å². The summed E-state index contributed by atoms with van der Waals surface area (Å²) in [6.45, 7) is 2.87. The third-order valence-electron chi connectivity index (χ3n) is 6.54. The molecular weight excluding hydrogens is 360 g/mol. The predicted molar refractivity (Wildman–Crippen MR) is 102 cm³/mol. The van der Waals surface area contributed by atoms with Gasteiger partial charge in [-0.25, -0.2) is 0 Å². The van der Waals surface area contributed by atoms with Gasteiger partial charge in [-0.3, -0.25) is 4.90 Å². The number of hydrogen-bond acceptors (Lipinski definition) is 7. The zero-order valence-corrected chi connectivity index (χ0v) is 17.2. The molecule has 2 saturated carbocycles. The van der Waals surface area contributed by atoms with Crippen molar-refractivity contribution >= 4 is 6.29 Å². The molecule has 7 heteroatoms. The van der Waals surface area contributed by atoms with E-state index in [4.69, 9.17) is 24.2 Å². The summed E-state index contributed by atoms with van der Waals surface area (Å²) in [6, 6.07) is 2.42. The topological polar surface area (TPSA) is 81.0 Å². The van der Waals surface area contributed by atoms with Crippen LogP contribution in [0.15, 0.2) is 0 Å². The molecule has 0 aromatic carbocycles. The molecule has 4 aliphatic rings. The lowest BCUT2D eigenvalue weighted by molar-refractivity contribution is -0.184. The van der Waals surface area contributed by atoms with E-state index in [0.29, 0.717) is 19.1 Å². The van der Waals surface area contributed by atoms with Crippen molar-refractivity contribution in [2.24, 2.45) is 11.8 Å². The molecule has 4 rings (SSSR count). The van der Waals surface area contributed by atoms with Crippen LogP contribution in [0.2, 0.25) is 0 Å². The van der Waals surface area contributed by atoms with Crippen molar-refractivity contribution in [3.05, 3.63) is 0 Å². The fourth-order valence-electron chi connectivity index (χ4n) is 4.83. The average Bonchev–Trinajstić information content (AvgIpc) is 3.35. The number of carbonyl (C=O) groups is 1. The molecule has 2 aliphatic carbocycles. The first-order valence-electron chi connectivity index (χ1n) is 10.6. The van der Waals surface area contributed by atoms with Gasteiger partial charge in [0, 0.05) is 31.6 Å². The average molecular weight is 395 g/mol. The van der Waals surface area contributed by atoms with E-state index in [1.165, 1.54) is 0 Å². The molecule has 0 radical (unpaired) electrons. The van der Waals surface area contributed by atoms with Gasteiger partial charge in [0.1, 0.15) is 12.3 Å². The van der Waals surface area contributed by atoms with Gasteiger partial charge < -0.3 is 23.7 Å². The zero-order chi connectivity index (χ0) is 20.0. The second kappa shape index (κ2) is 9.64. The van der Waals surface area contributed by atoms with Gasteiger partial charge in [-0.05, 0) is 45.7 Å². The quantitative estimate of drug-likeness (QED) is 0.680. The molecule has 7 nitrogen and oxygen atoms in total. The van der Waals surface area contributed by atoms with Crippen LogP contribution in [0.25, 0.3) is 0 Å². The molecule has 1 atom stereocenters. The number of rotatable bonds is 3. The molecule has 2 aliphatic heterocycles. The van der Waals surface area contributed by atoms with Crippen LogP contribution in [0.5, 0.6) is 0 Å². The minimum atomic E-state index is -0.306. The van der Waals surface area contributed by atoms with Crippen molar-refractivity contribution in [1.82, 2.24) is 4.90 Å². The van der Waals surface area contributed by atoms with Gasteiger partial charge in [0.05, 0.1) is 32.5 Å². The Morgan fingerprint density at radius 1 is 0.893 bits per heavy atom. The molecule has 0 amide bonds. The molecule has 158 valence electrons. The second-order valence-corrected chi connectivity index (χ2v) is 8.56. The lowest BCUT2D eigenvalue weighted by atomic mass is 9.81. The predicted octanol–water partition coefficient (Wildman–Crippen LogP) is 2.49. The molecule has 0 N–H and O–H groups in total. The SMILES string of the molecule is CN(C)C(C#N)C1CCC2(CC1)OCCO2.O=CC1CCC2(CC1)OCCO2. The molecule has 2 spiro atoms. The van der Waals surface area contributed by atoms with Crippen LogP contribution < -0.4 is 0 Å². The third kappa shape index (κ3) is 5.11. The number of carbonyl (C=O) groups excluding carboxylic acids is 1. The van der Waals surface area contributed by atoms with Crippen LogP contribution >= 0.6 is 0 Å². The van der Waals surface area contributed by atoms with E-state index < -0.39 is 0 Å². The maximum absolute atomic E-state index is 10.5. The van der Waals surface area contributed by atoms with Crippen LogP contribution in [0, 0.1) is 23.2 Å². The summed E-state index contributed by atoms with van der Waals surface area (Å²) in [5.41, 5.74) is 0. The maximum atomic E-state index is 10.5. The van der Waals surface area contributed by atoms with Gasteiger partial charge in [-0.2, -0.15) is 5.26 Å². The van der Waals surface area contributed by atoms with E-state index in [1.54, 1.807) is 0 Å². The number of aldehydes is 1. The van der Waals surface area contributed by atoms with Gasteiger partial charge in [-0.15, -0.1) is 0 Å². The number of ether oxygens (including phenoxy) is 4. The van der Waals surface area contributed by atoms with Gasteiger partial charge >= 0.3 is 0 Å². The van der Waals surface area contributed by atoms with Crippen molar-refractivity contribution in [3.8, 4) is 6.07 Å². The number of nitriles is 1. The number of hydrogen-bond donors (Lipinski definition) is 0. The highest BCUT2D eigenvalue weighted by Gasteiger charge is 2.42. The molecule has 0 bridgehead atoms. The van der Waals surface area contributed by atoms with Gasteiger partial charge in [0.15, 0.2) is 11.6 Å². The Bertz CT molecular complexity index is 529. The fraction of sp³-hybridized carbons (Fsp3) is 0.905. The zero-order valence-electron chi connectivity index (χ0n) is 17.2. The van der Waals surface area contributed by atoms with E-state index in [-0.39, 0.29) is 23.5 Å². The Balaban J connectivity index is 0.000000167. The first-order valence-corrected chi connectivity index (χ1v) is 10.6. The van der Waals surface area contributed by atoms with Crippen LogP contribution in [0.3, 0.4) is 0 Å². The molecule has 0 aromatic heterocycles. The van der Waals surface area contributed by atoms with Crippen molar-refractivity contribution in [2.45, 2.75) is 69.0 Å². The lowest BCUT2D eigenvalue weighted by Gasteiger charge is -2.38. The molecule has 2 heterocycles. The maximum Gasteiger partial charge on any atom is 0.168 e. The largest absolute Gasteiger partial charge is 0.348 e.